The van der Waals surface area contributed by atoms with Crippen LogP contribution in [0.5, 0.6) is 0 Å². The van der Waals surface area contributed by atoms with Gasteiger partial charge in [-0.25, -0.2) is 4.98 Å². The molecule has 0 aliphatic carbocycles. The summed E-state index contributed by atoms with van der Waals surface area (Å²) in [5.41, 5.74) is 15.7. The zero-order valence-electron chi connectivity index (χ0n) is 16.1. The van der Waals surface area contributed by atoms with E-state index in [2.05, 4.69) is 32.0 Å². The van der Waals surface area contributed by atoms with E-state index in [1.807, 2.05) is 11.3 Å². The summed E-state index contributed by atoms with van der Waals surface area (Å²) in [6, 6.07) is 6.49. The van der Waals surface area contributed by atoms with Gasteiger partial charge in [0.05, 0.1) is 5.52 Å². The van der Waals surface area contributed by atoms with Crippen molar-refractivity contribution in [2.75, 3.05) is 12.3 Å². The fourth-order valence-corrected chi connectivity index (χ4v) is 5.22. The number of nitrogen functional groups attached to an aromatic ring is 1. The lowest BCUT2D eigenvalue weighted by Gasteiger charge is -2.09. The zero-order chi connectivity index (χ0) is 18.5. The first-order chi connectivity index (χ1) is 12.7. The van der Waals surface area contributed by atoms with Crippen LogP contribution in [0.1, 0.15) is 61.5 Å². The van der Waals surface area contributed by atoms with E-state index in [4.69, 9.17) is 16.5 Å². The largest absolute Gasteiger partial charge is 0.383 e. The average molecular weight is 370 g/mol. The standard InChI is InChI=1S/C22H31N3S/c1-3-4-13-18-15(2)19-21(26-18)20-16(10-7-5-6-8-14-23)11-9-12-17(20)25-22(19)24/h9,11-12H,3-8,10,13-14,23H2,1-2H3,(H2,24,25). The van der Waals surface area contributed by atoms with Gasteiger partial charge in [-0.15, -0.1) is 11.3 Å². The van der Waals surface area contributed by atoms with Crippen LogP contribution in [0.3, 0.4) is 0 Å². The van der Waals surface area contributed by atoms with Gasteiger partial charge in [0.2, 0.25) is 0 Å². The van der Waals surface area contributed by atoms with Crippen LogP contribution in [0.2, 0.25) is 0 Å². The summed E-state index contributed by atoms with van der Waals surface area (Å²) >= 11 is 1.93. The highest BCUT2D eigenvalue weighted by Gasteiger charge is 2.17. The smallest absolute Gasteiger partial charge is 0.133 e. The summed E-state index contributed by atoms with van der Waals surface area (Å²) in [6.07, 6.45) is 9.49. The molecule has 4 heteroatoms. The van der Waals surface area contributed by atoms with E-state index in [-0.39, 0.29) is 0 Å². The predicted octanol–water partition coefficient (Wildman–Crippen LogP) is 5.74. The number of aromatic nitrogens is 1. The molecule has 0 unspecified atom stereocenters. The van der Waals surface area contributed by atoms with Gasteiger partial charge >= 0.3 is 0 Å². The number of hydrogen-bond donors (Lipinski definition) is 2. The van der Waals surface area contributed by atoms with Crippen molar-refractivity contribution < 1.29 is 0 Å². The lowest BCUT2D eigenvalue weighted by atomic mass is 9.99. The second-order valence-corrected chi connectivity index (χ2v) is 8.32. The predicted molar refractivity (Wildman–Crippen MR) is 116 cm³/mol. The number of anilines is 1. The summed E-state index contributed by atoms with van der Waals surface area (Å²) in [5.74, 6) is 0.684. The number of hydrogen-bond acceptors (Lipinski definition) is 4. The molecule has 26 heavy (non-hydrogen) atoms. The molecule has 0 fully saturated rings. The molecule has 0 saturated heterocycles. The normalized spacial score (nSPS) is 11.7. The average Bonchev–Trinajstić information content (AvgIpc) is 2.97. The van der Waals surface area contributed by atoms with E-state index < -0.39 is 0 Å². The lowest BCUT2D eigenvalue weighted by molar-refractivity contribution is 0.648. The van der Waals surface area contributed by atoms with Crippen molar-refractivity contribution in [2.24, 2.45) is 5.73 Å². The number of nitrogens with two attached hydrogens (primary N) is 2. The highest BCUT2D eigenvalue weighted by Crippen LogP contribution is 2.40. The van der Waals surface area contributed by atoms with Crippen LogP contribution >= 0.6 is 11.3 Å². The highest BCUT2D eigenvalue weighted by molar-refractivity contribution is 7.20. The van der Waals surface area contributed by atoms with E-state index >= 15 is 0 Å². The first-order valence-electron chi connectivity index (χ1n) is 9.96. The number of pyridine rings is 1. The number of unbranched alkanes of at least 4 members (excludes halogenated alkanes) is 4. The molecule has 3 nitrogen and oxygen atoms in total. The van der Waals surface area contributed by atoms with E-state index in [0.717, 1.165) is 31.3 Å². The minimum absolute atomic E-state index is 0.684. The summed E-state index contributed by atoms with van der Waals surface area (Å²) < 4.78 is 1.34. The Kier molecular flexibility index (Phi) is 6.49. The fraction of sp³-hybridized carbons (Fsp3) is 0.500. The molecule has 2 heterocycles. The molecule has 0 aliphatic heterocycles. The molecular formula is C22H31N3S. The maximum absolute atomic E-state index is 6.35. The molecule has 140 valence electrons. The quantitative estimate of drug-likeness (QED) is 0.472. The summed E-state index contributed by atoms with van der Waals surface area (Å²) in [4.78, 5) is 6.22. The molecular weight excluding hydrogens is 338 g/mol. The SMILES string of the molecule is CCCCc1sc2c(c(N)nc3cccc(CCCCCCN)c32)c1C. The first kappa shape index (κ1) is 19.1. The summed E-state index contributed by atoms with van der Waals surface area (Å²) in [6.45, 7) is 5.26. The van der Waals surface area contributed by atoms with Gasteiger partial charge in [-0.05, 0) is 62.8 Å². The fourth-order valence-electron chi connectivity index (χ4n) is 3.77. The van der Waals surface area contributed by atoms with Gasteiger partial charge in [0.25, 0.3) is 0 Å². The molecule has 3 aromatic rings. The number of rotatable bonds is 9. The second kappa shape index (κ2) is 8.83. The third-order valence-electron chi connectivity index (χ3n) is 5.26. The molecule has 4 N–H and O–H groups in total. The number of thiophene rings is 1. The van der Waals surface area contributed by atoms with Gasteiger partial charge < -0.3 is 11.5 Å². The van der Waals surface area contributed by atoms with Crippen molar-refractivity contribution in [3.05, 3.63) is 34.2 Å². The van der Waals surface area contributed by atoms with Crippen molar-refractivity contribution in [3.8, 4) is 0 Å². The third kappa shape index (κ3) is 3.86. The van der Waals surface area contributed by atoms with Gasteiger partial charge in [0, 0.05) is 20.3 Å². The molecule has 0 saturated carbocycles. The van der Waals surface area contributed by atoms with E-state index in [1.165, 1.54) is 63.6 Å². The minimum Gasteiger partial charge on any atom is -0.383 e. The molecule has 3 rings (SSSR count). The first-order valence-corrected chi connectivity index (χ1v) is 10.8. The van der Waals surface area contributed by atoms with Crippen LogP contribution in [0.25, 0.3) is 21.0 Å². The molecule has 0 amide bonds. The van der Waals surface area contributed by atoms with Crippen molar-refractivity contribution in [1.29, 1.82) is 0 Å². The Morgan fingerprint density at radius 3 is 2.58 bits per heavy atom. The highest BCUT2D eigenvalue weighted by atomic mass is 32.1. The van der Waals surface area contributed by atoms with Gasteiger partial charge in [0.15, 0.2) is 0 Å². The van der Waals surface area contributed by atoms with E-state index in [1.54, 1.807) is 0 Å². The molecule has 0 atom stereocenters. The molecule has 0 spiro atoms. The molecule has 2 aromatic heterocycles. The Morgan fingerprint density at radius 1 is 1.00 bits per heavy atom. The number of fused-ring (bicyclic) bond motifs is 3. The maximum Gasteiger partial charge on any atom is 0.133 e. The maximum atomic E-state index is 6.35. The Labute approximate surface area is 160 Å². The molecule has 0 bridgehead atoms. The van der Waals surface area contributed by atoms with Crippen LogP contribution < -0.4 is 11.5 Å². The van der Waals surface area contributed by atoms with Crippen molar-refractivity contribution in [2.45, 2.75) is 65.2 Å². The van der Waals surface area contributed by atoms with Gasteiger partial charge in [-0.3, -0.25) is 0 Å². The summed E-state index contributed by atoms with van der Waals surface area (Å²) in [7, 11) is 0. The van der Waals surface area contributed by atoms with E-state index in [0.29, 0.717) is 5.82 Å². The molecule has 1 aromatic carbocycles. The Morgan fingerprint density at radius 2 is 1.81 bits per heavy atom. The van der Waals surface area contributed by atoms with Crippen LogP contribution in [-0.4, -0.2) is 11.5 Å². The monoisotopic (exact) mass is 369 g/mol. The third-order valence-corrected chi connectivity index (χ3v) is 6.63. The number of benzene rings is 1. The topological polar surface area (TPSA) is 64.9 Å². The Bertz CT molecular complexity index is 882. The van der Waals surface area contributed by atoms with Crippen molar-refractivity contribution in [1.82, 2.24) is 4.98 Å². The van der Waals surface area contributed by atoms with Gasteiger partial charge in [-0.2, -0.15) is 0 Å². The van der Waals surface area contributed by atoms with Crippen LogP contribution in [-0.2, 0) is 12.8 Å². The van der Waals surface area contributed by atoms with Crippen molar-refractivity contribution >= 4 is 38.1 Å². The molecule has 0 aliphatic rings. The Balaban J connectivity index is 2.02. The Hall–Kier alpha value is -1.65. The van der Waals surface area contributed by atoms with E-state index in [9.17, 15) is 0 Å². The molecule has 0 radical (unpaired) electrons. The number of aryl methyl sites for hydroxylation is 3. The van der Waals surface area contributed by atoms with Crippen LogP contribution in [0.4, 0.5) is 5.82 Å². The summed E-state index contributed by atoms with van der Waals surface area (Å²) in [5, 5.41) is 2.51. The van der Waals surface area contributed by atoms with Gasteiger partial charge in [-0.1, -0.05) is 38.3 Å². The lowest BCUT2D eigenvalue weighted by Crippen LogP contribution is -1.98. The van der Waals surface area contributed by atoms with Crippen molar-refractivity contribution in [3.63, 3.8) is 0 Å². The zero-order valence-corrected chi connectivity index (χ0v) is 16.9. The second-order valence-electron chi connectivity index (χ2n) is 7.22. The van der Waals surface area contributed by atoms with Crippen LogP contribution in [0.15, 0.2) is 18.2 Å². The van der Waals surface area contributed by atoms with Crippen LogP contribution in [0, 0.1) is 6.92 Å². The number of nitrogens with zero attached hydrogens (tertiary/aromatic N) is 1. The van der Waals surface area contributed by atoms with Gasteiger partial charge in [0.1, 0.15) is 5.82 Å². The minimum atomic E-state index is 0.684.